The van der Waals surface area contributed by atoms with Gasteiger partial charge in [-0.3, -0.25) is 5.32 Å². The van der Waals surface area contributed by atoms with Crippen molar-refractivity contribution in [2.24, 2.45) is 0 Å². The molecule has 1 aliphatic rings. The number of thioether (sulfide) groups is 1. The molecule has 1 aromatic heterocycles. The van der Waals surface area contributed by atoms with Crippen LogP contribution in [0.3, 0.4) is 0 Å². The molecule has 1 amide bonds. The Hall–Kier alpha value is -2.91. The Balaban J connectivity index is 1.42. The third-order valence-corrected chi connectivity index (χ3v) is 7.56. The standard InChI is InChI=1S/C29H41N3O5S/c1-5-6-15-26(38-25-14-8-7-11-21(25)2)31-28(33)35-18-10-19-36-29(34)37-24-13-9-12-23-27(24)22(20-30-23)16-17-32(3)4/h9,12-13,15,20,30H,5-8,10-11,14,16-19H2,1-4H3,(H,31,33)/b26-15+. The van der Waals surface area contributed by atoms with Crippen LogP contribution in [0.1, 0.15) is 64.4 Å². The zero-order chi connectivity index (χ0) is 27.3. The first kappa shape index (κ1) is 29.6. The molecule has 1 aromatic carbocycles. The highest BCUT2D eigenvalue weighted by Crippen LogP contribution is 2.36. The number of carbonyl (C=O) groups excluding carboxylic acids is 2. The van der Waals surface area contributed by atoms with E-state index in [9.17, 15) is 9.59 Å². The minimum Gasteiger partial charge on any atom is -0.449 e. The van der Waals surface area contributed by atoms with Crippen LogP contribution < -0.4 is 10.1 Å². The zero-order valence-corrected chi connectivity index (χ0v) is 23.9. The van der Waals surface area contributed by atoms with Crippen molar-refractivity contribution in [2.75, 3.05) is 33.9 Å². The van der Waals surface area contributed by atoms with Crippen molar-refractivity contribution in [3.8, 4) is 5.75 Å². The molecule has 0 fully saturated rings. The van der Waals surface area contributed by atoms with Crippen molar-refractivity contribution in [3.63, 3.8) is 0 Å². The van der Waals surface area contributed by atoms with Gasteiger partial charge in [-0.1, -0.05) is 42.8 Å². The van der Waals surface area contributed by atoms with Gasteiger partial charge in [0.1, 0.15) is 5.75 Å². The third-order valence-electron chi connectivity index (χ3n) is 6.27. The average molecular weight is 544 g/mol. The number of ether oxygens (including phenoxy) is 3. The Bertz CT molecular complexity index is 1140. The number of nitrogens with zero attached hydrogens (tertiary/aromatic N) is 1. The van der Waals surface area contributed by atoms with Gasteiger partial charge < -0.3 is 24.1 Å². The van der Waals surface area contributed by atoms with Gasteiger partial charge in [0.2, 0.25) is 0 Å². The largest absolute Gasteiger partial charge is 0.513 e. The Morgan fingerprint density at radius 1 is 1.16 bits per heavy atom. The van der Waals surface area contributed by atoms with Crippen molar-refractivity contribution in [1.29, 1.82) is 0 Å². The van der Waals surface area contributed by atoms with Gasteiger partial charge in [0.25, 0.3) is 0 Å². The molecule has 208 valence electrons. The minimum atomic E-state index is -0.779. The number of aromatic amines is 1. The SMILES string of the molecule is CCC/C=C(\NC(=O)OCCCOC(=O)Oc1cccc2[nH]cc(CCN(C)C)c12)SC1=C(C)CCCC1. The monoisotopic (exact) mass is 543 g/mol. The molecule has 38 heavy (non-hydrogen) atoms. The fraction of sp³-hybridized carbons (Fsp3) is 0.517. The highest BCUT2D eigenvalue weighted by molar-refractivity contribution is 8.06. The highest BCUT2D eigenvalue weighted by Gasteiger charge is 2.16. The lowest BCUT2D eigenvalue weighted by molar-refractivity contribution is 0.0886. The number of aromatic nitrogens is 1. The average Bonchev–Trinajstić information content (AvgIpc) is 3.31. The lowest BCUT2D eigenvalue weighted by Crippen LogP contribution is -2.23. The Labute approximate surface area is 230 Å². The maximum absolute atomic E-state index is 12.4. The second-order valence-electron chi connectivity index (χ2n) is 9.73. The van der Waals surface area contributed by atoms with Gasteiger partial charge in [-0.25, -0.2) is 9.59 Å². The second-order valence-corrected chi connectivity index (χ2v) is 10.9. The number of benzene rings is 1. The topological polar surface area (TPSA) is 92.9 Å². The van der Waals surface area contributed by atoms with E-state index in [0.29, 0.717) is 12.2 Å². The van der Waals surface area contributed by atoms with Crippen LogP contribution >= 0.6 is 11.8 Å². The van der Waals surface area contributed by atoms with Crippen molar-refractivity contribution < 1.29 is 23.8 Å². The molecule has 2 aromatic rings. The summed E-state index contributed by atoms with van der Waals surface area (Å²) >= 11 is 1.64. The molecule has 0 unspecified atom stereocenters. The fourth-order valence-electron chi connectivity index (χ4n) is 4.17. The van der Waals surface area contributed by atoms with Gasteiger partial charge in [-0.2, -0.15) is 0 Å². The Morgan fingerprint density at radius 3 is 2.71 bits per heavy atom. The fourth-order valence-corrected chi connectivity index (χ4v) is 5.30. The van der Waals surface area contributed by atoms with Crippen LogP contribution in [0.4, 0.5) is 9.59 Å². The predicted molar refractivity (Wildman–Crippen MR) is 153 cm³/mol. The van der Waals surface area contributed by atoms with Gasteiger partial charge in [0.15, 0.2) is 0 Å². The maximum Gasteiger partial charge on any atom is 0.513 e. The predicted octanol–water partition coefficient (Wildman–Crippen LogP) is 7.13. The number of hydrogen-bond acceptors (Lipinski definition) is 7. The van der Waals surface area contributed by atoms with E-state index in [0.717, 1.165) is 60.1 Å². The maximum atomic E-state index is 12.4. The van der Waals surface area contributed by atoms with E-state index in [1.807, 2.05) is 32.4 Å². The molecule has 0 atom stereocenters. The first-order chi connectivity index (χ1) is 18.4. The number of alkyl carbamates (subject to hydrolysis) is 1. The summed E-state index contributed by atoms with van der Waals surface area (Å²) in [5, 5.41) is 4.58. The van der Waals surface area contributed by atoms with Gasteiger partial charge in [-0.05, 0) is 82.1 Å². The number of likely N-dealkylation sites (N-methyl/N-ethyl adjacent to an activating group) is 1. The number of nitrogens with one attached hydrogen (secondary N) is 2. The van der Waals surface area contributed by atoms with Crippen LogP contribution in [0.15, 0.2) is 46.0 Å². The summed E-state index contributed by atoms with van der Waals surface area (Å²) in [6, 6.07) is 5.54. The van der Waals surface area contributed by atoms with Gasteiger partial charge in [0.05, 0.1) is 18.2 Å². The second kappa shape index (κ2) is 15.5. The number of fused-ring (bicyclic) bond motifs is 1. The lowest BCUT2D eigenvalue weighted by atomic mass is 10.0. The van der Waals surface area contributed by atoms with E-state index in [1.165, 1.54) is 23.3 Å². The summed E-state index contributed by atoms with van der Waals surface area (Å²) in [4.78, 5) is 31.4. The Kier molecular flexibility index (Phi) is 12.1. The number of allylic oxidation sites excluding steroid dienone is 3. The number of rotatable bonds is 13. The van der Waals surface area contributed by atoms with E-state index in [4.69, 9.17) is 14.2 Å². The molecule has 1 aliphatic carbocycles. The number of amides is 1. The van der Waals surface area contributed by atoms with E-state index in [2.05, 4.69) is 35.1 Å². The highest BCUT2D eigenvalue weighted by atomic mass is 32.2. The lowest BCUT2D eigenvalue weighted by Gasteiger charge is -2.19. The molecule has 1 heterocycles. The van der Waals surface area contributed by atoms with E-state index < -0.39 is 12.2 Å². The molecule has 8 nitrogen and oxygen atoms in total. The molecule has 2 N–H and O–H groups in total. The minimum absolute atomic E-state index is 0.0854. The summed E-state index contributed by atoms with van der Waals surface area (Å²) in [6.45, 7) is 5.38. The third kappa shape index (κ3) is 9.44. The molecule has 0 radical (unpaired) electrons. The normalized spacial score (nSPS) is 14.2. The van der Waals surface area contributed by atoms with E-state index >= 15 is 0 Å². The quantitative estimate of drug-likeness (QED) is 0.158. The van der Waals surface area contributed by atoms with Gasteiger partial charge >= 0.3 is 12.2 Å². The number of H-pyrrole nitrogens is 1. The van der Waals surface area contributed by atoms with Gasteiger partial charge in [0, 0.05) is 30.1 Å². The van der Waals surface area contributed by atoms with Crippen molar-refractivity contribution in [2.45, 2.75) is 65.2 Å². The summed E-state index contributed by atoms with van der Waals surface area (Å²) in [7, 11) is 4.04. The molecular weight excluding hydrogens is 502 g/mol. The molecule has 0 bridgehead atoms. The molecule has 0 aliphatic heterocycles. The van der Waals surface area contributed by atoms with Crippen molar-refractivity contribution in [1.82, 2.24) is 15.2 Å². The number of unbranched alkanes of at least 4 members (excludes halogenated alkanes) is 1. The zero-order valence-electron chi connectivity index (χ0n) is 23.1. The van der Waals surface area contributed by atoms with Crippen LogP contribution in [0.5, 0.6) is 5.75 Å². The molecular formula is C29H41N3O5S. The first-order valence-corrected chi connectivity index (χ1v) is 14.3. The van der Waals surface area contributed by atoms with Gasteiger partial charge in [-0.15, -0.1) is 0 Å². The van der Waals surface area contributed by atoms with Crippen LogP contribution in [-0.2, 0) is 15.9 Å². The van der Waals surface area contributed by atoms with Crippen LogP contribution in [0.2, 0.25) is 0 Å². The van der Waals surface area contributed by atoms with Crippen molar-refractivity contribution in [3.05, 3.63) is 51.5 Å². The van der Waals surface area contributed by atoms with Crippen molar-refractivity contribution >= 4 is 34.9 Å². The van der Waals surface area contributed by atoms with Crippen LogP contribution in [0.25, 0.3) is 10.9 Å². The van der Waals surface area contributed by atoms with E-state index in [-0.39, 0.29) is 13.2 Å². The van der Waals surface area contributed by atoms with Crippen LogP contribution in [0, 0.1) is 0 Å². The summed E-state index contributed by atoms with van der Waals surface area (Å²) in [5.41, 5.74) is 3.39. The van der Waals surface area contributed by atoms with E-state index in [1.54, 1.807) is 17.8 Å². The van der Waals surface area contributed by atoms with Crippen LogP contribution in [-0.4, -0.2) is 56.0 Å². The molecule has 9 heteroatoms. The number of hydrogen-bond donors (Lipinski definition) is 2. The first-order valence-electron chi connectivity index (χ1n) is 13.5. The summed E-state index contributed by atoms with van der Waals surface area (Å²) < 4.78 is 16.0. The molecule has 0 saturated carbocycles. The number of carbonyl (C=O) groups is 2. The molecule has 0 spiro atoms. The summed E-state index contributed by atoms with van der Waals surface area (Å²) in [6.07, 6.45) is 10.4. The molecule has 3 rings (SSSR count). The summed E-state index contributed by atoms with van der Waals surface area (Å²) in [5.74, 6) is 0.463. The Morgan fingerprint density at radius 2 is 1.95 bits per heavy atom. The smallest absolute Gasteiger partial charge is 0.449 e. The molecule has 0 saturated heterocycles.